The van der Waals surface area contributed by atoms with E-state index in [9.17, 15) is 0 Å². The lowest BCUT2D eigenvalue weighted by Gasteiger charge is -2.19. The van der Waals surface area contributed by atoms with Gasteiger partial charge in [-0.25, -0.2) is 0 Å². The fourth-order valence-electron chi connectivity index (χ4n) is 2.10. The molecule has 0 radical (unpaired) electrons. The second kappa shape index (κ2) is 4.64. The van der Waals surface area contributed by atoms with E-state index in [4.69, 9.17) is 10.8 Å². The molecule has 1 aliphatic rings. The molecule has 0 spiro atoms. The van der Waals surface area contributed by atoms with Gasteiger partial charge in [0.05, 0.1) is 0 Å². The molecule has 0 bridgehead atoms. The van der Waals surface area contributed by atoms with Gasteiger partial charge in [-0.3, -0.25) is 0 Å². The van der Waals surface area contributed by atoms with Crippen LogP contribution in [0.2, 0.25) is 0 Å². The van der Waals surface area contributed by atoms with Gasteiger partial charge >= 0.3 is 0 Å². The molecule has 0 saturated carbocycles. The van der Waals surface area contributed by atoms with Crippen LogP contribution < -0.4 is 10.6 Å². The number of aliphatic hydroxyl groups is 1. The number of nitrogens with two attached hydrogens (primary N) is 1. The predicted molar refractivity (Wildman–Crippen MR) is 61.7 cm³/mol. The van der Waals surface area contributed by atoms with E-state index < -0.39 is 0 Å². The molecule has 1 aromatic carbocycles. The third kappa shape index (κ3) is 2.30. The molecule has 82 valence electrons. The minimum absolute atomic E-state index is 0.299. The van der Waals surface area contributed by atoms with E-state index >= 15 is 0 Å². The molecule has 1 fully saturated rings. The van der Waals surface area contributed by atoms with E-state index in [0.717, 1.165) is 19.5 Å². The van der Waals surface area contributed by atoms with Crippen molar-refractivity contribution in [2.75, 3.05) is 24.6 Å². The highest BCUT2D eigenvalue weighted by atomic mass is 16.3. The molecule has 0 aliphatic carbocycles. The summed E-state index contributed by atoms with van der Waals surface area (Å²) in [5.41, 5.74) is 8.01. The van der Waals surface area contributed by atoms with E-state index in [2.05, 4.69) is 17.0 Å². The highest BCUT2D eigenvalue weighted by Gasteiger charge is 2.21. The molecule has 1 unspecified atom stereocenters. The number of rotatable bonds is 3. The second-order valence-corrected chi connectivity index (χ2v) is 4.16. The quantitative estimate of drug-likeness (QED) is 0.774. The molecular weight excluding hydrogens is 188 g/mol. The molecule has 15 heavy (non-hydrogen) atoms. The van der Waals surface area contributed by atoms with Crippen LogP contribution in [0.1, 0.15) is 12.0 Å². The van der Waals surface area contributed by atoms with Gasteiger partial charge in [0, 0.05) is 37.8 Å². The third-order valence-electron chi connectivity index (χ3n) is 3.06. The third-order valence-corrected chi connectivity index (χ3v) is 3.06. The Kier molecular flexibility index (Phi) is 3.23. The average Bonchev–Trinajstić information content (AvgIpc) is 2.78. The lowest BCUT2D eigenvalue weighted by molar-refractivity contribution is 0.238. The summed E-state index contributed by atoms with van der Waals surface area (Å²) >= 11 is 0. The first-order chi connectivity index (χ1) is 7.33. The average molecular weight is 206 g/mol. The normalized spacial score (nSPS) is 20.9. The summed E-state index contributed by atoms with van der Waals surface area (Å²) in [4.78, 5) is 2.32. The highest BCUT2D eigenvalue weighted by Crippen LogP contribution is 2.24. The Morgan fingerprint density at radius 1 is 1.47 bits per heavy atom. The van der Waals surface area contributed by atoms with Gasteiger partial charge in [0.2, 0.25) is 0 Å². The largest absolute Gasteiger partial charge is 0.396 e. The van der Waals surface area contributed by atoms with Gasteiger partial charge in [0.25, 0.3) is 0 Å². The molecule has 3 N–H and O–H groups in total. The lowest BCUT2D eigenvalue weighted by atomic mass is 10.1. The second-order valence-electron chi connectivity index (χ2n) is 4.16. The summed E-state index contributed by atoms with van der Waals surface area (Å²) in [7, 11) is 0. The van der Waals surface area contributed by atoms with Gasteiger partial charge in [-0.2, -0.15) is 0 Å². The van der Waals surface area contributed by atoms with Crippen LogP contribution in [0.3, 0.4) is 0 Å². The Morgan fingerprint density at radius 2 is 2.33 bits per heavy atom. The highest BCUT2D eigenvalue weighted by molar-refractivity contribution is 5.49. The van der Waals surface area contributed by atoms with Gasteiger partial charge in [0.15, 0.2) is 0 Å². The Morgan fingerprint density at radius 3 is 3.00 bits per heavy atom. The van der Waals surface area contributed by atoms with Crippen molar-refractivity contribution in [3.05, 3.63) is 29.8 Å². The molecule has 0 amide bonds. The summed E-state index contributed by atoms with van der Waals surface area (Å²) < 4.78 is 0. The first-order valence-electron chi connectivity index (χ1n) is 5.48. The maximum absolute atomic E-state index is 9.08. The zero-order valence-corrected chi connectivity index (χ0v) is 8.89. The smallest absolute Gasteiger partial charge is 0.0476 e. The number of nitrogens with zero attached hydrogens (tertiary/aromatic N) is 1. The minimum atomic E-state index is 0.299. The summed E-state index contributed by atoms with van der Waals surface area (Å²) in [6.45, 7) is 2.89. The monoisotopic (exact) mass is 206 g/mol. The Balaban J connectivity index is 2.09. The van der Waals surface area contributed by atoms with Crippen LogP contribution in [-0.2, 0) is 6.54 Å². The molecule has 1 saturated heterocycles. The van der Waals surface area contributed by atoms with E-state index in [-0.39, 0.29) is 0 Å². The Bertz CT molecular complexity index is 327. The minimum Gasteiger partial charge on any atom is -0.396 e. The fraction of sp³-hybridized carbons (Fsp3) is 0.500. The summed E-state index contributed by atoms with van der Waals surface area (Å²) in [6, 6.07) is 8.34. The lowest BCUT2D eigenvalue weighted by Crippen LogP contribution is -2.20. The van der Waals surface area contributed by atoms with Crippen molar-refractivity contribution in [2.45, 2.75) is 13.0 Å². The first kappa shape index (κ1) is 10.5. The molecule has 3 nitrogen and oxygen atoms in total. The van der Waals surface area contributed by atoms with Crippen LogP contribution in [0.5, 0.6) is 0 Å². The van der Waals surface area contributed by atoms with Crippen molar-refractivity contribution in [2.24, 2.45) is 11.7 Å². The zero-order valence-electron chi connectivity index (χ0n) is 8.89. The number of hydrogen-bond donors (Lipinski definition) is 2. The van der Waals surface area contributed by atoms with Crippen molar-refractivity contribution in [1.82, 2.24) is 0 Å². The maximum atomic E-state index is 9.08. The number of anilines is 1. The van der Waals surface area contributed by atoms with Gasteiger partial charge in [-0.15, -0.1) is 0 Å². The van der Waals surface area contributed by atoms with Crippen LogP contribution in [0.25, 0.3) is 0 Å². The van der Waals surface area contributed by atoms with Gasteiger partial charge in [-0.05, 0) is 24.1 Å². The molecule has 1 heterocycles. The fourth-order valence-corrected chi connectivity index (χ4v) is 2.10. The van der Waals surface area contributed by atoms with Crippen molar-refractivity contribution < 1.29 is 5.11 Å². The van der Waals surface area contributed by atoms with Crippen LogP contribution in [0.4, 0.5) is 5.69 Å². The maximum Gasteiger partial charge on any atom is 0.0476 e. The predicted octanol–water partition coefficient (Wildman–Crippen LogP) is 0.964. The molecule has 0 aromatic heterocycles. The first-order valence-corrected chi connectivity index (χ1v) is 5.48. The summed E-state index contributed by atoms with van der Waals surface area (Å²) in [5, 5.41) is 9.08. The van der Waals surface area contributed by atoms with Crippen LogP contribution >= 0.6 is 0 Å². The molecule has 1 aliphatic heterocycles. The number of benzene rings is 1. The van der Waals surface area contributed by atoms with E-state index in [1.54, 1.807) is 0 Å². The van der Waals surface area contributed by atoms with Crippen molar-refractivity contribution in [3.8, 4) is 0 Å². The molecule has 3 heteroatoms. The van der Waals surface area contributed by atoms with Crippen molar-refractivity contribution >= 4 is 5.69 Å². The van der Waals surface area contributed by atoms with Crippen LogP contribution in [0.15, 0.2) is 24.3 Å². The van der Waals surface area contributed by atoms with Crippen LogP contribution in [0, 0.1) is 5.92 Å². The summed E-state index contributed by atoms with van der Waals surface area (Å²) in [5.74, 6) is 0.437. The Hall–Kier alpha value is -1.06. The zero-order chi connectivity index (χ0) is 10.7. The van der Waals surface area contributed by atoms with Crippen molar-refractivity contribution in [1.29, 1.82) is 0 Å². The molecule has 1 atom stereocenters. The van der Waals surface area contributed by atoms with Gasteiger partial charge in [-0.1, -0.05) is 12.1 Å². The van der Waals surface area contributed by atoms with E-state index in [0.29, 0.717) is 19.1 Å². The molecule has 2 rings (SSSR count). The van der Waals surface area contributed by atoms with E-state index in [1.165, 1.54) is 11.3 Å². The Labute approximate surface area is 90.5 Å². The molecular formula is C12H18N2O. The molecule has 1 aromatic rings. The van der Waals surface area contributed by atoms with Crippen molar-refractivity contribution in [3.63, 3.8) is 0 Å². The van der Waals surface area contributed by atoms with Crippen LogP contribution in [-0.4, -0.2) is 24.8 Å². The number of hydrogen-bond acceptors (Lipinski definition) is 3. The SMILES string of the molecule is NCc1cccc(N2CCC(CO)C2)c1. The standard InChI is InChI=1S/C12H18N2O/c13-7-10-2-1-3-12(6-10)14-5-4-11(8-14)9-15/h1-3,6,11,15H,4-5,7-9,13H2. The van der Waals surface area contributed by atoms with E-state index in [1.807, 2.05) is 12.1 Å². The van der Waals surface area contributed by atoms with Gasteiger partial charge in [0.1, 0.15) is 0 Å². The van der Waals surface area contributed by atoms with Gasteiger partial charge < -0.3 is 15.7 Å². The topological polar surface area (TPSA) is 49.5 Å². The number of aliphatic hydroxyl groups excluding tert-OH is 1. The summed E-state index contributed by atoms with van der Waals surface area (Å²) in [6.07, 6.45) is 1.09.